The third-order valence-corrected chi connectivity index (χ3v) is 2.94. The van der Waals surface area contributed by atoms with Crippen LogP contribution in [-0.4, -0.2) is 14.6 Å². The Labute approximate surface area is 101 Å². The molecular weight excluding hydrogens is 266 g/mol. The molecule has 3 aromatic rings. The molecule has 3 rings (SSSR count). The van der Waals surface area contributed by atoms with Gasteiger partial charge in [0.15, 0.2) is 0 Å². The van der Waals surface area contributed by atoms with Gasteiger partial charge in [0.05, 0.1) is 11.7 Å². The molecule has 78 valence electrons. The highest BCUT2D eigenvalue weighted by atomic mass is 79.9. The molecule has 4 heteroatoms. The summed E-state index contributed by atoms with van der Waals surface area (Å²) >= 11 is 3.43. The van der Waals surface area contributed by atoms with Crippen molar-refractivity contribution in [2.75, 3.05) is 0 Å². The van der Waals surface area contributed by atoms with Crippen LogP contribution in [0.5, 0.6) is 0 Å². The minimum Gasteiger partial charge on any atom is -0.265 e. The summed E-state index contributed by atoms with van der Waals surface area (Å²) in [7, 11) is 0. The number of hydrogen-bond acceptors (Lipinski definition) is 2. The maximum Gasteiger partial charge on any atom is 0.0740 e. The van der Waals surface area contributed by atoms with E-state index in [2.05, 4.69) is 26.0 Å². The molecule has 3 nitrogen and oxygen atoms in total. The Morgan fingerprint density at radius 1 is 1.06 bits per heavy atom. The Balaban J connectivity index is 2.26. The van der Waals surface area contributed by atoms with Gasteiger partial charge in [-0.15, -0.1) is 0 Å². The first kappa shape index (κ1) is 9.54. The van der Waals surface area contributed by atoms with E-state index in [0.29, 0.717) is 0 Å². The van der Waals surface area contributed by atoms with Crippen LogP contribution in [0.25, 0.3) is 16.6 Å². The van der Waals surface area contributed by atoms with E-state index in [1.165, 1.54) is 0 Å². The lowest BCUT2D eigenvalue weighted by atomic mass is 10.1. The molecule has 0 radical (unpaired) electrons. The standard InChI is InChI=1S/C12H8BrN3/c13-10-1-2-12-11(7-15-16(12)8-10)9-3-5-14-6-4-9/h1-8H. The molecule has 0 saturated heterocycles. The minimum absolute atomic E-state index is 1.02. The van der Waals surface area contributed by atoms with E-state index in [1.807, 2.05) is 41.2 Å². The number of aromatic nitrogens is 3. The van der Waals surface area contributed by atoms with Crippen molar-refractivity contribution in [1.82, 2.24) is 14.6 Å². The molecule has 0 unspecified atom stereocenters. The molecule has 3 aromatic heterocycles. The highest BCUT2D eigenvalue weighted by Crippen LogP contribution is 2.24. The van der Waals surface area contributed by atoms with Crippen LogP contribution in [0.3, 0.4) is 0 Å². The fourth-order valence-corrected chi connectivity index (χ4v) is 2.04. The van der Waals surface area contributed by atoms with E-state index in [9.17, 15) is 0 Å². The van der Waals surface area contributed by atoms with Crippen LogP contribution in [0.15, 0.2) is 53.5 Å². The van der Waals surface area contributed by atoms with Gasteiger partial charge in [0.1, 0.15) is 0 Å². The van der Waals surface area contributed by atoms with E-state index < -0.39 is 0 Å². The molecular formula is C12H8BrN3. The van der Waals surface area contributed by atoms with Gasteiger partial charge in [0, 0.05) is 28.6 Å². The average Bonchev–Trinajstić information content (AvgIpc) is 2.73. The van der Waals surface area contributed by atoms with Gasteiger partial charge >= 0.3 is 0 Å². The van der Waals surface area contributed by atoms with Crippen molar-refractivity contribution >= 4 is 21.4 Å². The molecule has 0 aliphatic rings. The van der Waals surface area contributed by atoms with Gasteiger partial charge in [-0.05, 0) is 45.8 Å². The summed E-state index contributed by atoms with van der Waals surface area (Å²) < 4.78 is 2.88. The fraction of sp³-hybridized carbons (Fsp3) is 0. The Bertz CT molecular complexity index is 631. The second kappa shape index (κ2) is 3.72. The summed E-state index contributed by atoms with van der Waals surface area (Å²) in [4.78, 5) is 4.01. The number of halogens is 1. The largest absolute Gasteiger partial charge is 0.265 e. The summed E-state index contributed by atoms with van der Waals surface area (Å²) in [5, 5.41) is 4.32. The average molecular weight is 274 g/mol. The van der Waals surface area contributed by atoms with Crippen molar-refractivity contribution < 1.29 is 0 Å². The van der Waals surface area contributed by atoms with Crippen molar-refractivity contribution in [1.29, 1.82) is 0 Å². The van der Waals surface area contributed by atoms with Gasteiger partial charge in [-0.2, -0.15) is 5.10 Å². The first-order chi connectivity index (χ1) is 7.84. The van der Waals surface area contributed by atoms with Crippen molar-refractivity contribution in [3.05, 3.63) is 53.5 Å². The van der Waals surface area contributed by atoms with E-state index in [4.69, 9.17) is 0 Å². The highest BCUT2D eigenvalue weighted by molar-refractivity contribution is 9.10. The monoisotopic (exact) mass is 273 g/mol. The predicted octanol–water partition coefficient (Wildman–Crippen LogP) is 3.16. The van der Waals surface area contributed by atoms with E-state index in [1.54, 1.807) is 12.4 Å². The van der Waals surface area contributed by atoms with Gasteiger partial charge in [-0.1, -0.05) is 0 Å². The highest BCUT2D eigenvalue weighted by Gasteiger charge is 2.05. The zero-order valence-corrected chi connectivity index (χ0v) is 9.92. The lowest BCUT2D eigenvalue weighted by molar-refractivity contribution is 0.956. The smallest absolute Gasteiger partial charge is 0.0740 e. The van der Waals surface area contributed by atoms with Crippen LogP contribution >= 0.6 is 15.9 Å². The molecule has 0 N–H and O–H groups in total. The fourth-order valence-electron chi connectivity index (χ4n) is 1.71. The van der Waals surface area contributed by atoms with Gasteiger partial charge in [0.2, 0.25) is 0 Å². The zero-order valence-electron chi connectivity index (χ0n) is 8.34. The number of fused-ring (bicyclic) bond motifs is 1. The summed E-state index contributed by atoms with van der Waals surface area (Å²) in [6.45, 7) is 0. The third-order valence-electron chi connectivity index (χ3n) is 2.47. The van der Waals surface area contributed by atoms with E-state index >= 15 is 0 Å². The molecule has 16 heavy (non-hydrogen) atoms. The molecule has 0 aliphatic carbocycles. The molecule has 0 amide bonds. The van der Waals surface area contributed by atoms with Gasteiger partial charge < -0.3 is 0 Å². The summed E-state index contributed by atoms with van der Waals surface area (Å²) in [5.41, 5.74) is 3.34. The van der Waals surface area contributed by atoms with Crippen molar-refractivity contribution in [3.63, 3.8) is 0 Å². The van der Waals surface area contributed by atoms with Crippen molar-refractivity contribution in [2.45, 2.75) is 0 Å². The van der Waals surface area contributed by atoms with Crippen LogP contribution in [0.2, 0.25) is 0 Å². The first-order valence-corrected chi connectivity index (χ1v) is 5.67. The lowest BCUT2D eigenvalue weighted by Gasteiger charge is -1.98. The van der Waals surface area contributed by atoms with Crippen LogP contribution < -0.4 is 0 Å². The van der Waals surface area contributed by atoms with Gasteiger partial charge in [-0.3, -0.25) is 4.98 Å². The Kier molecular flexibility index (Phi) is 2.22. The Hall–Kier alpha value is -1.68. The molecule has 0 bridgehead atoms. The molecule has 3 heterocycles. The zero-order chi connectivity index (χ0) is 11.0. The summed E-state index contributed by atoms with van der Waals surface area (Å²) in [5.74, 6) is 0. The van der Waals surface area contributed by atoms with Crippen molar-refractivity contribution in [3.8, 4) is 11.1 Å². The maximum atomic E-state index is 4.32. The van der Waals surface area contributed by atoms with Crippen LogP contribution in [0.4, 0.5) is 0 Å². The molecule has 0 spiro atoms. The molecule has 0 aromatic carbocycles. The van der Waals surface area contributed by atoms with Crippen LogP contribution in [0.1, 0.15) is 0 Å². The SMILES string of the molecule is Brc1ccc2c(-c3ccncc3)cnn2c1. The van der Waals surface area contributed by atoms with E-state index in [0.717, 1.165) is 21.1 Å². The third kappa shape index (κ3) is 1.51. The number of rotatable bonds is 1. The van der Waals surface area contributed by atoms with Crippen LogP contribution in [-0.2, 0) is 0 Å². The normalized spacial score (nSPS) is 10.8. The molecule has 0 atom stereocenters. The predicted molar refractivity (Wildman–Crippen MR) is 66.1 cm³/mol. The topological polar surface area (TPSA) is 30.2 Å². The quantitative estimate of drug-likeness (QED) is 0.682. The van der Waals surface area contributed by atoms with Gasteiger partial charge in [0.25, 0.3) is 0 Å². The Morgan fingerprint density at radius 2 is 1.88 bits per heavy atom. The summed E-state index contributed by atoms with van der Waals surface area (Å²) in [6, 6.07) is 8.03. The minimum atomic E-state index is 1.02. The molecule has 0 fully saturated rings. The van der Waals surface area contributed by atoms with E-state index in [-0.39, 0.29) is 0 Å². The maximum absolute atomic E-state index is 4.32. The van der Waals surface area contributed by atoms with Crippen molar-refractivity contribution in [2.24, 2.45) is 0 Å². The van der Waals surface area contributed by atoms with Gasteiger partial charge in [-0.25, -0.2) is 4.52 Å². The second-order valence-electron chi connectivity index (χ2n) is 3.47. The number of nitrogens with zero attached hydrogens (tertiary/aromatic N) is 3. The Morgan fingerprint density at radius 3 is 2.69 bits per heavy atom. The number of pyridine rings is 2. The second-order valence-corrected chi connectivity index (χ2v) is 4.39. The van der Waals surface area contributed by atoms with Crippen LogP contribution in [0, 0.1) is 0 Å². The molecule has 0 aliphatic heterocycles. The molecule has 0 saturated carbocycles. The number of hydrogen-bond donors (Lipinski definition) is 0. The first-order valence-electron chi connectivity index (χ1n) is 4.88. The summed E-state index contributed by atoms with van der Waals surface area (Å²) in [6.07, 6.45) is 7.40. The lowest BCUT2D eigenvalue weighted by Crippen LogP contribution is -1.85.